The number of hydrogen-bond acceptors (Lipinski definition) is 5. The Morgan fingerprint density at radius 3 is 2.92 bits per heavy atom. The standard InChI is InChI=1S/C17H22FN5O/c18-16-7-12(1-2-17(16)23-11-20-21-22-23)9-24-10-14-8-15(14)13-3-5-19-6-4-13/h1-2,7,11,13-15,19H,3-6,8-10H2/t14-,15+/m0/s1. The summed E-state index contributed by atoms with van der Waals surface area (Å²) in [5, 5.41) is 14.2. The molecule has 4 rings (SSSR count). The molecule has 0 bridgehead atoms. The van der Waals surface area contributed by atoms with E-state index in [1.54, 1.807) is 6.07 Å². The van der Waals surface area contributed by atoms with Gasteiger partial charge < -0.3 is 10.1 Å². The number of nitrogens with zero attached hydrogens (tertiary/aromatic N) is 4. The summed E-state index contributed by atoms with van der Waals surface area (Å²) in [6, 6.07) is 5.03. The average molecular weight is 331 g/mol. The lowest BCUT2D eigenvalue weighted by Crippen LogP contribution is -2.29. The number of aromatic nitrogens is 4. The van der Waals surface area contributed by atoms with Crippen LogP contribution < -0.4 is 5.32 Å². The number of hydrogen-bond donors (Lipinski definition) is 1. The van der Waals surface area contributed by atoms with Gasteiger partial charge >= 0.3 is 0 Å². The molecular weight excluding hydrogens is 309 g/mol. The highest BCUT2D eigenvalue weighted by Gasteiger charge is 2.42. The van der Waals surface area contributed by atoms with Gasteiger partial charge in [-0.2, -0.15) is 4.68 Å². The number of rotatable bonds is 6. The van der Waals surface area contributed by atoms with Gasteiger partial charge in [0.15, 0.2) is 0 Å². The molecule has 1 aliphatic heterocycles. The largest absolute Gasteiger partial charge is 0.376 e. The van der Waals surface area contributed by atoms with Crippen LogP contribution in [0, 0.1) is 23.6 Å². The number of piperidine rings is 1. The molecule has 128 valence electrons. The van der Waals surface area contributed by atoms with Crippen molar-refractivity contribution in [1.82, 2.24) is 25.5 Å². The Balaban J connectivity index is 1.26. The van der Waals surface area contributed by atoms with Crippen molar-refractivity contribution in [2.24, 2.45) is 17.8 Å². The van der Waals surface area contributed by atoms with Crippen molar-refractivity contribution in [2.45, 2.75) is 25.9 Å². The fourth-order valence-corrected chi connectivity index (χ4v) is 3.74. The van der Waals surface area contributed by atoms with Crippen molar-refractivity contribution in [3.8, 4) is 5.69 Å². The smallest absolute Gasteiger partial charge is 0.149 e. The van der Waals surface area contributed by atoms with E-state index in [-0.39, 0.29) is 5.82 Å². The summed E-state index contributed by atoms with van der Waals surface area (Å²) in [5.74, 6) is 2.06. The second-order valence-electron chi connectivity index (χ2n) is 6.80. The SMILES string of the molecule is Fc1cc(COC[C@@H]2C[C@@H]2C2CCNCC2)ccc1-n1cnnn1. The maximum Gasteiger partial charge on any atom is 0.149 e. The van der Waals surface area contributed by atoms with Gasteiger partial charge in [-0.05, 0) is 78.2 Å². The Morgan fingerprint density at radius 2 is 2.17 bits per heavy atom. The lowest BCUT2D eigenvalue weighted by molar-refractivity contribution is 0.103. The molecule has 2 atom stereocenters. The van der Waals surface area contributed by atoms with Crippen LogP contribution in [0.2, 0.25) is 0 Å². The molecule has 1 aliphatic carbocycles. The van der Waals surface area contributed by atoms with Crippen LogP contribution in [-0.2, 0) is 11.3 Å². The zero-order valence-corrected chi connectivity index (χ0v) is 13.6. The van der Waals surface area contributed by atoms with Crippen LogP contribution in [0.15, 0.2) is 24.5 Å². The van der Waals surface area contributed by atoms with Gasteiger partial charge in [0.2, 0.25) is 0 Å². The van der Waals surface area contributed by atoms with Crippen LogP contribution in [0.4, 0.5) is 4.39 Å². The zero-order valence-electron chi connectivity index (χ0n) is 13.6. The molecule has 0 amide bonds. The topological polar surface area (TPSA) is 64.9 Å². The van der Waals surface area contributed by atoms with Crippen LogP contribution in [-0.4, -0.2) is 39.9 Å². The molecule has 7 heteroatoms. The third-order valence-electron chi connectivity index (χ3n) is 5.18. The van der Waals surface area contributed by atoms with Gasteiger partial charge in [-0.25, -0.2) is 4.39 Å². The average Bonchev–Trinajstić information content (AvgIpc) is 3.17. The number of ether oxygens (including phenoxy) is 1. The maximum atomic E-state index is 14.1. The van der Waals surface area contributed by atoms with Crippen LogP contribution in [0.5, 0.6) is 0 Å². The van der Waals surface area contributed by atoms with Crippen molar-refractivity contribution in [1.29, 1.82) is 0 Å². The van der Waals surface area contributed by atoms with Crippen LogP contribution in [0.25, 0.3) is 5.69 Å². The third-order valence-corrected chi connectivity index (χ3v) is 5.18. The van der Waals surface area contributed by atoms with Gasteiger partial charge in [0, 0.05) is 0 Å². The predicted molar refractivity (Wildman–Crippen MR) is 86.0 cm³/mol. The van der Waals surface area contributed by atoms with Gasteiger partial charge in [-0.1, -0.05) is 6.07 Å². The van der Waals surface area contributed by atoms with Gasteiger partial charge in [0.05, 0.1) is 13.2 Å². The van der Waals surface area contributed by atoms with Crippen LogP contribution in [0.1, 0.15) is 24.8 Å². The van der Waals surface area contributed by atoms with E-state index < -0.39 is 0 Å². The van der Waals surface area contributed by atoms with E-state index in [1.165, 1.54) is 36.3 Å². The minimum atomic E-state index is -0.345. The molecule has 2 heterocycles. The molecule has 2 fully saturated rings. The molecule has 0 radical (unpaired) electrons. The molecule has 6 nitrogen and oxygen atoms in total. The molecular formula is C17H22FN5O. The fourth-order valence-electron chi connectivity index (χ4n) is 3.74. The quantitative estimate of drug-likeness (QED) is 0.876. The first-order valence-corrected chi connectivity index (χ1v) is 8.61. The molecule has 1 aromatic heterocycles. The van der Waals surface area contributed by atoms with E-state index in [4.69, 9.17) is 4.74 Å². The molecule has 1 N–H and O–H groups in total. The Bertz CT molecular complexity index is 672. The van der Waals surface area contributed by atoms with Crippen molar-refractivity contribution in [3.05, 3.63) is 35.9 Å². The maximum absolute atomic E-state index is 14.1. The first kappa shape index (κ1) is 15.7. The van der Waals surface area contributed by atoms with Gasteiger partial charge in [0.25, 0.3) is 0 Å². The zero-order chi connectivity index (χ0) is 16.4. The summed E-state index contributed by atoms with van der Waals surface area (Å²) in [6.07, 6.45) is 5.26. The number of halogens is 1. The van der Waals surface area contributed by atoms with Crippen molar-refractivity contribution in [3.63, 3.8) is 0 Å². The second kappa shape index (κ2) is 6.94. The highest BCUT2D eigenvalue weighted by atomic mass is 19.1. The number of tetrazole rings is 1. The Morgan fingerprint density at radius 1 is 1.29 bits per heavy atom. The summed E-state index contributed by atoms with van der Waals surface area (Å²) in [4.78, 5) is 0. The van der Waals surface area contributed by atoms with E-state index >= 15 is 0 Å². The molecule has 1 aromatic carbocycles. The highest BCUT2D eigenvalue weighted by Crippen LogP contribution is 2.47. The Hall–Kier alpha value is -1.86. The summed E-state index contributed by atoms with van der Waals surface area (Å²) >= 11 is 0. The lowest BCUT2D eigenvalue weighted by Gasteiger charge is -2.22. The lowest BCUT2D eigenvalue weighted by atomic mass is 9.92. The molecule has 24 heavy (non-hydrogen) atoms. The van der Waals surface area contributed by atoms with Gasteiger partial charge in [0.1, 0.15) is 17.8 Å². The number of nitrogens with one attached hydrogen (secondary N) is 1. The van der Waals surface area contributed by atoms with Crippen LogP contribution >= 0.6 is 0 Å². The monoisotopic (exact) mass is 331 g/mol. The van der Waals surface area contributed by atoms with Crippen molar-refractivity contribution >= 4 is 0 Å². The first-order chi connectivity index (χ1) is 11.8. The van der Waals surface area contributed by atoms with E-state index in [1.807, 2.05) is 6.07 Å². The second-order valence-corrected chi connectivity index (χ2v) is 6.80. The van der Waals surface area contributed by atoms with E-state index in [0.717, 1.165) is 37.1 Å². The van der Waals surface area contributed by atoms with Crippen molar-refractivity contribution < 1.29 is 9.13 Å². The highest BCUT2D eigenvalue weighted by molar-refractivity contribution is 5.34. The predicted octanol–water partition coefficient (Wildman–Crippen LogP) is 1.95. The molecule has 1 saturated carbocycles. The summed E-state index contributed by atoms with van der Waals surface area (Å²) in [7, 11) is 0. The molecule has 0 unspecified atom stereocenters. The molecule has 2 aliphatic rings. The molecule has 2 aromatic rings. The van der Waals surface area contributed by atoms with Gasteiger partial charge in [-0.15, -0.1) is 5.10 Å². The third kappa shape index (κ3) is 3.47. The Labute approximate surface area is 140 Å². The van der Waals surface area contributed by atoms with E-state index in [9.17, 15) is 4.39 Å². The minimum absolute atomic E-state index is 0.344. The summed E-state index contributed by atoms with van der Waals surface area (Å²) in [5.41, 5.74) is 1.18. The van der Waals surface area contributed by atoms with Gasteiger partial charge in [-0.3, -0.25) is 0 Å². The minimum Gasteiger partial charge on any atom is -0.376 e. The van der Waals surface area contributed by atoms with Crippen LogP contribution in [0.3, 0.4) is 0 Å². The normalized spacial score (nSPS) is 24.2. The summed E-state index contributed by atoms with van der Waals surface area (Å²) in [6.45, 7) is 3.54. The van der Waals surface area contributed by atoms with Crippen molar-refractivity contribution in [2.75, 3.05) is 19.7 Å². The van der Waals surface area contributed by atoms with E-state index in [0.29, 0.717) is 18.2 Å². The fraction of sp³-hybridized carbons (Fsp3) is 0.588. The molecule has 0 spiro atoms. The van der Waals surface area contributed by atoms with E-state index in [2.05, 4.69) is 20.8 Å². The number of benzene rings is 1. The summed E-state index contributed by atoms with van der Waals surface area (Å²) < 4.78 is 21.3. The molecule has 1 saturated heterocycles. The Kier molecular flexibility index (Phi) is 4.53. The first-order valence-electron chi connectivity index (χ1n) is 8.61.